The van der Waals surface area contributed by atoms with E-state index >= 15 is 0 Å². The first-order valence-electron chi connectivity index (χ1n) is 9.79. The third-order valence-electron chi connectivity index (χ3n) is 6.07. The Kier molecular flexibility index (Phi) is 5.02. The van der Waals surface area contributed by atoms with Gasteiger partial charge in [0.2, 0.25) is 5.91 Å². The number of hydrogen-bond donors (Lipinski definition) is 1. The van der Waals surface area contributed by atoms with E-state index in [0.717, 1.165) is 30.4 Å². The Morgan fingerprint density at radius 1 is 1.18 bits per heavy atom. The van der Waals surface area contributed by atoms with Gasteiger partial charge in [0.15, 0.2) is 0 Å². The molecule has 6 nitrogen and oxygen atoms in total. The minimum atomic E-state index is -0.646. The van der Waals surface area contributed by atoms with Gasteiger partial charge in [0.1, 0.15) is 12.4 Å². The molecule has 1 saturated carbocycles. The van der Waals surface area contributed by atoms with Gasteiger partial charge >= 0.3 is 0 Å². The second-order valence-corrected chi connectivity index (χ2v) is 7.86. The summed E-state index contributed by atoms with van der Waals surface area (Å²) in [7, 11) is 0. The Morgan fingerprint density at radius 2 is 1.96 bits per heavy atom. The molecule has 1 amide bonds. The van der Waals surface area contributed by atoms with Gasteiger partial charge in [-0.1, -0.05) is 12.8 Å². The maximum absolute atomic E-state index is 13.1. The van der Waals surface area contributed by atoms with Gasteiger partial charge in [-0.2, -0.15) is 5.10 Å². The summed E-state index contributed by atoms with van der Waals surface area (Å²) >= 11 is 0. The standard InChI is InChI=1S/C21H24FN3O3/c22-17-6-4-15(5-7-17)18-8-9-19(26)25(23-18)14-20(27)24-12-11-21(28)10-2-1-3-16(21)13-24/h4-9,16,28H,1-3,10-14H2. The van der Waals surface area contributed by atoms with Crippen molar-refractivity contribution in [3.63, 3.8) is 0 Å². The van der Waals surface area contributed by atoms with Crippen molar-refractivity contribution in [2.45, 2.75) is 44.2 Å². The minimum absolute atomic E-state index is 0.106. The number of rotatable bonds is 3. The molecule has 2 unspecified atom stereocenters. The van der Waals surface area contributed by atoms with Crippen LogP contribution in [0.5, 0.6) is 0 Å². The third-order valence-corrected chi connectivity index (χ3v) is 6.07. The lowest BCUT2D eigenvalue weighted by atomic mass is 9.71. The minimum Gasteiger partial charge on any atom is -0.389 e. The molecular weight excluding hydrogens is 361 g/mol. The second-order valence-electron chi connectivity index (χ2n) is 7.86. The molecule has 2 heterocycles. The number of hydrogen-bond acceptors (Lipinski definition) is 4. The average molecular weight is 385 g/mol. The Hall–Kier alpha value is -2.54. The fraction of sp³-hybridized carbons (Fsp3) is 0.476. The third kappa shape index (κ3) is 3.71. The molecule has 2 fully saturated rings. The maximum Gasteiger partial charge on any atom is 0.267 e. The van der Waals surface area contributed by atoms with Crippen LogP contribution in [0.1, 0.15) is 32.1 Å². The maximum atomic E-state index is 13.1. The smallest absolute Gasteiger partial charge is 0.267 e. The van der Waals surface area contributed by atoms with E-state index < -0.39 is 5.60 Å². The van der Waals surface area contributed by atoms with Crippen molar-refractivity contribution in [3.05, 3.63) is 52.6 Å². The topological polar surface area (TPSA) is 75.4 Å². The summed E-state index contributed by atoms with van der Waals surface area (Å²) in [5.74, 6) is -0.410. The Balaban J connectivity index is 1.49. The van der Waals surface area contributed by atoms with Crippen LogP contribution in [0.4, 0.5) is 4.39 Å². The molecule has 0 bridgehead atoms. The lowest BCUT2D eigenvalue weighted by Gasteiger charge is -2.47. The van der Waals surface area contributed by atoms with E-state index in [4.69, 9.17) is 0 Å². The molecule has 2 atom stereocenters. The summed E-state index contributed by atoms with van der Waals surface area (Å²) in [6, 6.07) is 8.77. The zero-order valence-electron chi connectivity index (χ0n) is 15.7. The Morgan fingerprint density at radius 3 is 2.75 bits per heavy atom. The molecule has 148 valence electrons. The number of halogens is 1. The van der Waals surface area contributed by atoms with Gasteiger partial charge in [0.25, 0.3) is 5.56 Å². The van der Waals surface area contributed by atoms with Crippen molar-refractivity contribution in [2.75, 3.05) is 13.1 Å². The van der Waals surface area contributed by atoms with E-state index in [9.17, 15) is 19.1 Å². The van der Waals surface area contributed by atoms with Crippen LogP contribution in [-0.2, 0) is 11.3 Å². The van der Waals surface area contributed by atoms with Crippen LogP contribution in [-0.4, -0.2) is 44.4 Å². The Bertz CT molecular complexity index is 927. The highest BCUT2D eigenvalue weighted by Crippen LogP contribution is 2.39. The van der Waals surface area contributed by atoms with Crippen LogP contribution in [0.3, 0.4) is 0 Å². The van der Waals surface area contributed by atoms with Crippen molar-refractivity contribution in [1.29, 1.82) is 0 Å². The normalized spacial score (nSPS) is 24.6. The quantitative estimate of drug-likeness (QED) is 0.879. The van der Waals surface area contributed by atoms with Gasteiger partial charge in [-0.25, -0.2) is 9.07 Å². The van der Waals surface area contributed by atoms with Gasteiger partial charge in [0.05, 0.1) is 11.3 Å². The molecule has 1 aliphatic heterocycles. The number of carbonyl (C=O) groups excluding carboxylic acids is 1. The number of fused-ring (bicyclic) bond motifs is 1. The zero-order valence-corrected chi connectivity index (χ0v) is 15.7. The highest BCUT2D eigenvalue weighted by Gasteiger charge is 2.43. The van der Waals surface area contributed by atoms with Crippen molar-refractivity contribution < 1.29 is 14.3 Å². The molecule has 0 spiro atoms. The van der Waals surface area contributed by atoms with Gasteiger partial charge < -0.3 is 10.0 Å². The number of amides is 1. The molecule has 2 aromatic rings. The SMILES string of the molecule is O=C(Cn1nc(-c2ccc(F)cc2)ccc1=O)N1CCC2(O)CCCCC2C1. The van der Waals surface area contributed by atoms with Crippen LogP contribution < -0.4 is 5.56 Å². The summed E-state index contributed by atoms with van der Waals surface area (Å²) in [5.41, 5.74) is 0.179. The van der Waals surface area contributed by atoms with E-state index in [2.05, 4.69) is 5.10 Å². The second kappa shape index (κ2) is 7.47. The number of nitrogens with zero attached hydrogens (tertiary/aromatic N) is 3. The first kappa shape index (κ1) is 18.8. The number of likely N-dealkylation sites (tertiary alicyclic amines) is 1. The largest absolute Gasteiger partial charge is 0.389 e. The van der Waals surface area contributed by atoms with Crippen molar-refractivity contribution in [3.8, 4) is 11.3 Å². The lowest BCUT2D eigenvalue weighted by molar-refractivity contribution is -0.144. The van der Waals surface area contributed by atoms with Crippen LogP contribution in [0.25, 0.3) is 11.3 Å². The molecule has 1 saturated heterocycles. The molecule has 1 aromatic heterocycles. The predicted molar refractivity (Wildman–Crippen MR) is 102 cm³/mol. The van der Waals surface area contributed by atoms with Crippen LogP contribution >= 0.6 is 0 Å². The van der Waals surface area contributed by atoms with E-state index in [1.54, 1.807) is 23.1 Å². The predicted octanol–water partition coefficient (Wildman–Crippen LogP) is 2.20. The molecule has 1 N–H and O–H groups in total. The summed E-state index contributed by atoms with van der Waals surface area (Å²) < 4.78 is 14.3. The van der Waals surface area contributed by atoms with E-state index in [1.165, 1.54) is 18.2 Å². The molecular formula is C21H24FN3O3. The van der Waals surface area contributed by atoms with Gasteiger partial charge in [0, 0.05) is 30.6 Å². The highest BCUT2D eigenvalue weighted by atomic mass is 19.1. The monoisotopic (exact) mass is 385 g/mol. The highest BCUT2D eigenvalue weighted by molar-refractivity contribution is 5.76. The fourth-order valence-electron chi connectivity index (χ4n) is 4.36. The first-order valence-corrected chi connectivity index (χ1v) is 9.79. The van der Waals surface area contributed by atoms with Crippen LogP contribution in [0.2, 0.25) is 0 Å². The average Bonchev–Trinajstić information content (AvgIpc) is 2.69. The zero-order chi connectivity index (χ0) is 19.7. The fourth-order valence-corrected chi connectivity index (χ4v) is 4.36. The van der Waals surface area contributed by atoms with Crippen LogP contribution in [0.15, 0.2) is 41.2 Å². The van der Waals surface area contributed by atoms with Crippen molar-refractivity contribution in [2.24, 2.45) is 5.92 Å². The Labute approximate surface area is 162 Å². The lowest BCUT2D eigenvalue weighted by Crippen LogP contribution is -2.55. The van der Waals surface area contributed by atoms with Crippen LogP contribution in [0, 0.1) is 11.7 Å². The summed E-state index contributed by atoms with van der Waals surface area (Å²) in [5, 5.41) is 15.1. The number of piperidine rings is 1. The van der Waals surface area contributed by atoms with E-state index in [0.29, 0.717) is 30.8 Å². The number of aromatic nitrogens is 2. The van der Waals surface area contributed by atoms with Crippen molar-refractivity contribution in [1.82, 2.24) is 14.7 Å². The molecule has 4 rings (SSSR count). The number of benzene rings is 1. The van der Waals surface area contributed by atoms with E-state index in [-0.39, 0.29) is 29.7 Å². The number of carbonyl (C=O) groups is 1. The molecule has 28 heavy (non-hydrogen) atoms. The summed E-state index contributed by atoms with van der Waals surface area (Å²) in [4.78, 5) is 26.7. The van der Waals surface area contributed by atoms with Crippen molar-refractivity contribution >= 4 is 5.91 Å². The molecule has 2 aliphatic rings. The van der Waals surface area contributed by atoms with Gasteiger partial charge in [-0.15, -0.1) is 0 Å². The molecule has 0 radical (unpaired) electrons. The molecule has 1 aliphatic carbocycles. The summed E-state index contributed by atoms with van der Waals surface area (Å²) in [6.07, 6.45) is 4.44. The van der Waals surface area contributed by atoms with E-state index in [1.807, 2.05) is 0 Å². The summed E-state index contributed by atoms with van der Waals surface area (Å²) in [6.45, 7) is 0.888. The van der Waals surface area contributed by atoms with Gasteiger partial charge in [-0.3, -0.25) is 9.59 Å². The molecule has 7 heteroatoms. The molecule has 1 aromatic carbocycles. The number of aliphatic hydroxyl groups is 1. The first-order chi connectivity index (χ1) is 13.4. The van der Waals surface area contributed by atoms with Gasteiger partial charge in [-0.05, 0) is 49.6 Å².